The molecule has 1 amide bonds. The first-order chi connectivity index (χ1) is 12.6. The minimum atomic E-state index is -0.644. The van der Waals surface area contributed by atoms with E-state index in [1.807, 2.05) is 54.6 Å². The minimum absolute atomic E-state index is 0.154. The second-order valence-corrected chi connectivity index (χ2v) is 6.55. The maximum atomic E-state index is 12.5. The van der Waals surface area contributed by atoms with E-state index in [-0.39, 0.29) is 11.9 Å². The molecule has 4 rings (SSSR count). The number of carbonyl (C=O) groups excluding carboxylic acids is 2. The summed E-state index contributed by atoms with van der Waals surface area (Å²) in [5.74, 6) is -0.546. The second kappa shape index (κ2) is 6.33. The molecule has 1 N–H and O–H groups in total. The summed E-state index contributed by atoms with van der Waals surface area (Å²) in [6.07, 6.45) is 0.439. The lowest BCUT2D eigenvalue weighted by molar-refractivity contribution is -0.154. The fraction of sp³-hybridized carbons (Fsp3) is 0.238. The van der Waals surface area contributed by atoms with Gasteiger partial charge in [0.1, 0.15) is 6.04 Å². The molecule has 26 heavy (non-hydrogen) atoms. The molecule has 1 aliphatic heterocycles. The van der Waals surface area contributed by atoms with Gasteiger partial charge < -0.3 is 14.6 Å². The Balaban J connectivity index is 1.98. The van der Waals surface area contributed by atoms with Crippen molar-refractivity contribution in [2.24, 2.45) is 0 Å². The second-order valence-electron chi connectivity index (χ2n) is 6.55. The smallest absolute Gasteiger partial charge is 0.328 e. The van der Waals surface area contributed by atoms with Gasteiger partial charge in [0.15, 0.2) is 0 Å². The molecule has 5 heteroatoms. The van der Waals surface area contributed by atoms with E-state index in [1.54, 1.807) is 4.90 Å². The summed E-state index contributed by atoms with van der Waals surface area (Å²) < 4.78 is 5.01. The number of aromatic amines is 1. The highest BCUT2D eigenvalue weighted by Gasteiger charge is 2.42. The van der Waals surface area contributed by atoms with Gasteiger partial charge >= 0.3 is 5.97 Å². The van der Waals surface area contributed by atoms with Crippen LogP contribution in [-0.2, 0) is 20.7 Å². The Labute approximate surface area is 151 Å². The van der Waals surface area contributed by atoms with Gasteiger partial charge in [-0.25, -0.2) is 4.79 Å². The molecule has 2 atom stereocenters. The van der Waals surface area contributed by atoms with Gasteiger partial charge in [0.05, 0.1) is 13.2 Å². The Morgan fingerprint density at radius 3 is 2.46 bits per heavy atom. The number of rotatable bonds is 2. The van der Waals surface area contributed by atoms with Crippen LogP contribution < -0.4 is 0 Å². The van der Waals surface area contributed by atoms with Crippen LogP contribution in [-0.4, -0.2) is 34.9 Å². The van der Waals surface area contributed by atoms with Crippen molar-refractivity contribution in [2.75, 3.05) is 7.11 Å². The molecule has 1 aliphatic rings. The highest BCUT2D eigenvalue weighted by molar-refractivity contribution is 5.90. The van der Waals surface area contributed by atoms with E-state index >= 15 is 0 Å². The van der Waals surface area contributed by atoms with Gasteiger partial charge in [0, 0.05) is 29.9 Å². The van der Waals surface area contributed by atoms with Crippen LogP contribution in [0.2, 0.25) is 0 Å². The van der Waals surface area contributed by atoms with Crippen LogP contribution >= 0.6 is 0 Å². The average Bonchev–Trinajstić information content (AvgIpc) is 3.04. The number of para-hydroxylation sites is 1. The van der Waals surface area contributed by atoms with Gasteiger partial charge in [0.2, 0.25) is 5.91 Å². The largest absolute Gasteiger partial charge is 0.467 e. The lowest BCUT2D eigenvalue weighted by Crippen LogP contribution is -2.51. The van der Waals surface area contributed by atoms with E-state index in [0.29, 0.717) is 6.42 Å². The number of aromatic nitrogens is 1. The van der Waals surface area contributed by atoms with E-state index in [2.05, 4.69) is 4.98 Å². The van der Waals surface area contributed by atoms with Crippen molar-refractivity contribution in [3.63, 3.8) is 0 Å². The molecule has 0 radical (unpaired) electrons. The van der Waals surface area contributed by atoms with E-state index in [1.165, 1.54) is 14.0 Å². The zero-order valence-corrected chi connectivity index (χ0v) is 14.7. The molecule has 0 bridgehead atoms. The molecule has 1 aromatic heterocycles. The molecule has 0 unspecified atom stereocenters. The number of nitrogens with zero attached hydrogens (tertiary/aromatic N) is 1. The number of H-pyrrole nitrogens is 1. The summed E-state index contributed by atoms with van der Waals surface area (Å²) in [6.45, 7) is 1.50. The number of ether oxygens (including phenoxy) is 1. The van der Waals surface area contributed by atoms with Crippen LogP contribution in [0.1, 0.15) is 29.8 Å². The fourth-order valence-electron chi connectivity index (χ4n) is 3.98. The standard InChI is InChI=1S/C21H20N2O3/c1-13(24)23-18(21(25)26-2)12-16-15-10-6-7-11-17(15)22-19(16)20(23)14-8-4-3-5-9-14/h3-11,18,20,22H,12H2,1-2H3/t18-,20-/m1/s1. The normalized spacial score (nSPS) is 19.2. The van der Waals surface area contributed by atoms with Gasteiger partial charge in [-0.1, -0.05) is 48.5 Å². The van der Waals surface area contributed by atoms with Gasteiger partial charge in [0.25, 0.3) is 0 Å². The number of benzene rings is 2. The lowest BCUT2D eigenvalue weighted by atomic mass is 9.88. The summed E-state index contributed by atoms with van der Waals surface area (Å²) in [7, 11) is 1.36. The SMILES string of the molecule is COC(=O)[C@H]1Cc2c([nH]c3ccccc23)[C@@H](c2ccccc2)N1C(C)=O. The molecule has 0 saturated carbocycles. The average molecular weight is 348 g/mol. The first-order valence-electron chi connectivity index (χ1n) is 8.63. The Bertz CT molecular complexity index is 977. The minimum Gasteiger partial charge on any atom is -0.467 e. The molecular formula is C21H20N2O3. The van der Waals surface area contributed by atoms with Crippen LogP contribution in [0.5, 0.6) is 0 Å². The van der Waals surface area contributed by atoms with Crippen molar-refractivity contribution in [1.82, 2.24) is 9.88 Å². The number of esters is 1. The van der Waals surface area contributed by atoms with Crippen LogP contribution in [0.4, 0.5) is 0 Å². The highest BCUT2D eigenvalue weighted by atomic mass is 16.5. The predicted octanol–water partition coefficient (Wildman–Crippen LogP) is 3.20. The zero-order chi connectivity index (χ0) is 18.3. The quantitative estimate of drug-likeness (QED) is 0.724. The third-order valence-electron chi connectivity index (χ3n) is 5.08. The summed E-state index contributed by atoms with van der Waals surface area (Å²) in [5, 5.41) is 1.08. The lowest BCUT2D eigenvalue weighted by Gasteiger charge is -2.40. The Morgan fingerprint density at radius 1 is 1.08 bits per heavy atom. The van der Waals surface area contributed by atoms with Crippen molar-refractivity contribution in [2.45, 2.75) is 25.4 Å². The Hall–Kier alpha value is -3.08. The van der Waals surface area contributed by atoms with Crippen LogP contribution in [0, 0.1) is 0 Å². The number of amides is 1. The third kappa shape index (κ3) is 2.47. The molecule has 2 aromatic carbocycles. The molecule has 0 aliphatic carbocycles. The van der Waals surface area contributed by atoms with Crippen molar-refractivity contribution in [3.8, 4) is 0 Å². The number of hydrogen-bond acceptors (Lipinski definition) is 3. The molecule has 132 valence electrons. The van der Waals surface area contributed by atoms with Crippen LogP contribution in [0.3, 0.4) is 0 Å². The van der Waals surface area contributed by atoms with Crippen LogP contribution in [0.15, 0.2) is 54.6 Å². The summed E-state index contributed by atoms with van der Waals surface area (Å²) >= 11 is 0. The summed E-state index contributed by atoms with van der Waals surface area (Å²) in [6, 6.07) is 16.8. The number of carbonyl (C=O) groups is 2. The van der Waals surface area contributed by atoms with Gasteiger partial charge in [-0.3, -0.25) is 4.79 Å². The molecule has 3 aromatic rings. The maximum Gasteiger partial charge on any atom is 0.328 e. The van der Waals surface area contributed by atoms with Gasteiger partial charge in [-0.15, -0.1) is 0 Å². The number of fused-ring (bicyclic) bond motifs is 3. The van der Waals surface area contributed by atoms with Crippen molar-refractivity contribution in [1.29, 1.82) is 0 Å². The molecule has 0 saturated heterocycles. The topological polar surface area (TPSA) is 62.4 Å². The summed E-state index contributed by atoms with van der Waals surface area (Å²) in [4.78, 5) is 30.2. The Morgan fingerprint density at radius 2 is 1.77 bits per heavy atom. The Kier molecular flexibility index (Phi) is 3.99. The van der Waals surface area contributed by atoms with Crippen molar-refractivity contribution >= 4 is 22.8 Å². The number of methoxy groups -OCH3 is 1. The monoisotopic (exact) mass is 348 g/mol. The fourth-order valence-corrected chi connectivity index (χ4v) is 3.98. The maximum absolute atomic E-state index is 12.5. The van der Waals surface area contributed by atoms with Gasteiger partial charge in [-0.05, 0) is 17.2 Å². The first kappa shape index (κ1) is 16.4. The molecule has 0 fully saturated rings. The highest BCUT2D eigenvalue weighted by Crippen LogP contribution is 2.41. The van der Waals surface area contributed by atoms with E-state index in [9.17, 15) is 9.59 Å². The predicted molar refractivity (Wildman–Crippen MR) is 98.6 cm³/mol. The number of hydrogen-bond donors (Lipinski definition) is 1. The number of nitrogens with one attached hydrogen (secondary N) is 1. The third-order valence-corrected chi connectivity index (χ3v) is 5.08. The molecule has 0 spiro atoms. The van der Waals surface area contributed by atoms with E-state index < -0.39 is 12.0 Å². The first-order valence-corrected chi connectivity index (χ1v) is 8.63. The van der Waals surface area contributed by atoms with E-state index in [0.717, 1.165) is 27.7 Å². The van der Waals surface area contributed by atoms with Crippen molar-refractivity contribution in [3.05, 3.63) is 71.4 Å². The molecule has 2 heterocycles. The zero-order valence-electron chi connectivity index (χ0n) is 14.7. The van der Waals surface area contributed by atoms with Gasteiger partial charge in [-0.2, -0.15) is 0 Å². The molecular weight excluding hydrogens is 328 g/mol. The summed E-state index contributed by atoms with van der Waals surface area (Å²) in [5.41, 5.74) is 4.01. The van der Waals surface area contributed by atoms with Crippen molar-refractivity contribution < 1.29 is 14.3 Å². The van der Waals surface area contributed by atoms with Crippen LogP contribution in [0.25, 0.3) is 10.9 Å². The van der Waals surface area contributed by atoms with E-state index in [4.69, 9.17) is 4.74 Å². The molecule has 5 nitrogen and oxygen atoms in total.